The van der Waals surface area contributed by atoms with Gasteiger partial charge in [0.15, 0.2) is 0 Å². The molecule has 122 valence electrons. The van der Waals surface area contributed by atoms with Crippen molar-refractivity contribution in [1.29, 1.82) is 0 Å². The second-order valence-corrected chi connectivity index (χ2v) is 5.30. The highest BCUT2D eigenvalue weighted by Gasteiger charge is 2.10. The monoisotopic (exact) mass is 307 g/mol. The number of carbonyl (C=O) groups excluding carboxylic acids is 1. The molecule has 5 nitrogen and oxygen atoms in total. The first-order chi connectivity index (χ1) is 10.5. The fourth-order valence-electron chi connectivity index (χ4n) is 2.10. The molecule has 0 atom stereocenters. The molecule has 0 heterocycles. The van der Waals surface area contributed by atoms with Gasteiger partial charge in [-0.25, -0.2) is 0 Å². The number of anilines is 1. The highest BCUT2D eigenvalue weighted by atomic mass is 16.5. The molecule has 1 aromatic carbocycles. The van der Waals surface area contributed by atoms with Gasteiger partial charge in [0.25, 0.3) is 0 Å². The van der Waals surface area contributed by atoms with Crippen molar-refractivity contribution in [3.8, 4) is 5.75 Å². The Bertz CT molecular complexity index is 466. The summed E-state index contributed by atoms with van der Waals surface area (Å²) in [6, 6.07) is 7.12. The van der Waals surface area contributed by atoms with E-state index in [1.54, 1.807) is 24.3 Å². The Labute approximate surface area is 131 Å². The predicted octanol–water partition coefficient (Wildman–Crippen LogP) is 3.70. The number of ether oxygens (including phenoxy) is 1. The molecule has 0 aliphatic rings. The van der Waals surface area contributed by atoms with Gasteiger partial charge in [-0.3, -0.25) is 9.59 Å². The molecule has 0 saturated carbocycles. The Morgan fingerprint density at radius 1 is 1.18 bits per heavy atom. The van der Waals surface area contributed by atoms with Gasteiger partial charge in [0.1, 0.15) is 5.75 Å². The van der Waals surface area contributed by atoms with Gasteiger partial charge in [-0.1, -0.05) is 26.7 Å². The fraction of sp³-hybridized carbons (Fsp3) is 0.529. The summed E-state index contributed by atoms with van der Waals surface area (Å²) < 4.78 is 5.44. The Morgan fingerprint density at radius 2 is 1.82 bits per heavy atom. The standard InChI is InChI=1S/C17H25NO4/c1-3-13(4-2)12-16(19)18-14-7-9-15(10-8-14)22-11-5-6-17(20)21/h7-10,13H,3-6,11-12H2,1-2H3,(H,18,19)(H,20,21). The van der Waals surface area contributed by atoms with Crippen molar-refractivity contribution in [2.75, 3.05) is 11.9 Å². The number of hydrogen-bond donors (Lipinski definition) is 2. The Morgan fingerprint density at radius 3 is 2.36 bits per heavy atom. The molecule has 22 heavy (non-hydrogen) atoms. The maximum Gasteiger partial charge on any atom is 0.303 e. The van der Waals surface area contributed by atoms with E-state index >= 15 is 0 Å². The first-order valence-corrected chi connectivity index (χ1v) is 7.79. The average molecular weight is 307 g/mol. The van der Waals surface area contributed by atoms with E-state index in [0.29, 0.717) is 31.1 Å². The van der Waals surface area contributed by atoms with Gasteiger partial charge in [0.2, 0.25) is 5.91 Å². The largest absolute Gasteiger partial charge is 0.494 e. The van der Waals surface area contributed by atoms with Gasteiger partial charge in [-0.15, -0.1) is 0 Å². The summed E-state index contributed by atoms with van der Waals surface area (Å²) in [4.78, 5) is 22.3. The number of aliphatic carboxylic acids is 1. The predicted molar refractivity (Wildman–Crippen MR) is 86.1 cm³/mol. The zero-order valence-electron chi connectivity index (χ0n) is 13.3. The molecule has 0 aliphatic heterocycles. The molecule has 1 amide bonds. The number of amides is 1. The third-order valence-electron chi connectivity index (χ3n) is 3.57. The van der Waals surface area contributed by atoms with Crippen molar-refractivity contribution in [3.05, 3.63) is 24.3 Å². The van der Waals surface area contributed by atoms with Crippen LogP contribution in [0.25, 0.3) is 0 Å². The lowest BCUT2D eigenvalue weighted by atomic mass is 9.99. The van der Waals surface area contributed by atoms with E-state index in [2.05, 4.69) is 19.2 Å². The third-order valence-corrected chi connectivity index (χ3v) is 3.57. The van der Waals surface area contributed by atoms with Gasteiger partial charge in [-0.2, -0.15) is 0 Å². The van der Waals surface area contributed by atoms with E-state index in [0.717, 1.165) is 18.5 Å². The molecule has 1 rings (SSSR count). The van der Waals surface area contributed by atoms with Crippen LogP contribution >= 0.6 is 0 Å². The van der Waals surface area contributed by atoms with Crippen LogP contribution in [0.3, 0.4) is 0 Å². The SMILES string of the molecule is CCC(CC)CC(=O)Nc1ccc(OCCCC(=O)O)cc1. The topological polar surface area (TPSA) is 75.6 Å². The van der Waals surface area contributed by atoms with Crippen molar-refractivity contribution >= 4 is 17.6 Å². The molecule has 0 fully saturated rings. The van der Waals surface area contributed by atoms with Crippen molar-refractivity contribution < 1.29 is 19.4 Å². The van der Waals surface area contributed by atoms with Crippen molar-refractivity contribution in [1.82, 2.24) is 0 Å². The molecular formula is C17H25NO4. The van der Waals surface area contributed by atoms with Gasteiger partial charge in [0.05, 0.1) is 6.61 Å². The first-order valence-electron chi connectivity index (χ1n) is 7.79. The zero-order valence-corrected chi connectivity index (χ0v) is 13.3. The zero-order chi connectivity index (χ0) is 16.4. The number of hydrogen-bond acceptors (Lipinski definition) is 3. The van der Waals surface area contributed by atoms with Crippen LogP contribution in [0, 0.1) is 5.92 Å². The normalized spacial score (nSPS) is 10.5. The molecule has 0 aromatic heterocycles. The Hall–Kier alpha value is -2.04. The first kappa shape index (κ1) is 18.0. The van der Waals surface area contributed by atoms with Crippen LogP contribution in [-0.2, 0) is 9.59 Å². The number of carbonyl (C=O) groups is 2. The highest BCUT2D eigenvalue weighted by molar-refractivity contribution is 5.90. The molecule has 0 spiro atoms. The molecular weight excluding hydrogens is 282 g/mol. The summed E-state index contributed by atoms with van der Waals surface area (Å²) in [6.07, 6.45) is 3.13. The smallest absolute Gasteiger partial charge is 0.303 e. The molecule has 5 heteroatoms. The number of rotatable bonds is 10. The van der Waals surface area contributed by atoms with E-state index in [9.17, 15) is 9.59 Å². The number of carboxylic acid groups (broad SMARTS) is 1. The van der Waals surface area contributed by atoms with E-state index in [1.807, 2.05) is 0 Å². The Kier molecular flexibility index (Phi) is 8.04. The minimum Gasteiger partial charge on any atom is -0.494 e. The van der Waals surface area contributed by atoms with Gasteiger partial charge >= 0.3 is 5.97 Å². The minimum atomic E-state index is -0.820. The lowest BCUT2D eigenvalue weighted by molar-refractivity contribution is -0.137. The van der Waals surface area contributed by atoms with Crippen molar-refractivity contribution in [2.45, 2.75) is 46.0 Å². The van der Waals surface area contributed by atoms with Crippen LogP contribution < -0.4 is 10.1 Å². The molecule has 0 radical (unpaired) electrons. The Balaban J connectivity index is 2.38. The number of benzene rings is 1. The van der Waals surface area contributed by atoms with Gasteiger partial charge in [0, 0.05) is 18.5 Å². The van der Waals surface area contributed by atoms with Gasteiger partial charge in [-0.05, 0) is 36.6 Å². The summed E-state index contributed by atoms with van der Waals surface area (Å²) in [6.45, 7) is 4.56. The number of nitrogens with one attached hydrogen (secondary N) is 1. The summed E-state index contributed by atoms with van der Waals surface area (Å²) in [7, 11) is 0. The molecule has 0 bridgehead atoms. The van der Waals surface area contributed by atoms with Crippen molar-refractivity contribution in [2.24, 2.45) is 5.92 Å². The summed E-state index contributed by atoms with van der Waals surface area (Å²) in [5.74, 6) is 0.308. The van der Waals surface area contributed by atoms with Crippen molar-refractivity contribution in [3.63, 3.8) is 0 Å². The van der Waals surface area contributed by atoms with E-state index in [4.69, 9.17) is 9.84 Å². The average Bonchev–Trinajstić information content (AvgIpc) is 2.50. The number of carboxylic acids is 1. The second kappa shape index (κ2) is 9.82. The van der Waals surface area contributed by atoms with E-state index < -0.39 is 5.97 Å². The van der Waals surface area contributed by atoms with E-state index in [1.165, 1.54) is 0 Å². The minimum absolute atomic E-state index is 0.0313. The van der Waals surface area contributed by atoms with E-state index in [-0.39, 0.29) is 12.3 Å². The molecule has 1 aromatic rings. The maximum atomic E-state index is 11.9. The van der Waals surface area contributed by atoms with Gasteiger partial charge < -0.3 is 15.2 Å². The summed E-state index contributed by atoms with van der Waals surface area (Å²) in [5.41, 5.74) is 0.744. The lowest BCUT2D eigenvalue weighted by Gasteiger charge is -2.12. The molecule has 0 aliphatic carbocycles. The highest BCUT2D eigenvalue weighted by Crippen LogP contribution is 2.18. The van der Waals surface area contributed by atoms with Crippen LogP contribution in [0.15, 0.2) is 24.3 Å². The quantitative estimate of drug-likeness (QED) is 0.646. The second-order valence-electron chi connectivity index (χ2n) is 5.30. The summed E-state index contributed by atoms with van der Waals surface area (Å²) in [5, 5.41) is 11.4. The van der Waals surface area contributed by atoms with Crippen LogP contribution in [0.1, 0.15) is 46.0 Å². The van der Waals surface area contributed by atoms with Crippen LogP contribution in [-0.4, -0.2) is 23.6 Å². The maximum absolute atomic E-state index is 11.9. The van der Waals surface area contributed by atoms with Crippen LogP contribution in [0.2, 0.25) is 0 Å². The third kappa shape index (κ3) is 7.11. The van der Waals surface area contributed by atoms with Crippen LogP contribution in [0.5, 0.6) is 5.75 Å². The lowest BCUT2D eigenvalue weighted by Crippen LogP contribution is -2.15. The molecule has 0 saturated heterocycles. The van der Waals surface area contributed by atoms with Crippen LogP contribution in [0.4, 0.5) is 5.69 Å². The molecule has 2 N–H and O–H groups in total. The summed E-state index contributed by atoms with van der Waals surface area (Å²) >= 11 is 0. The molecule has 0 unspecified atom stereocenters. The fourth-order valence-corrected chi connectivity index (χ4v) is 2.10.